The summed E-state index contributed by atoms with van der Waals surface area (Å²) < 4.78 is 8.30. The normalized spacial score (nSPS) is 11.5. The predicted molar refractivity (Wildman–Crippen MR) is 256 cm³/mol. The number of nitrogens with zero attached hydrogens (tertiary/aromatic N) is 3. The first-order valence-corrected chi connectivity index (χ1v) is 20.9. The Labute approximate surface area is 358 Å². The van der Waals surface area contributed by atoms with Gasteiger partial charge in [0.05, 0.1) is 16.6 Å². The average Bonchev–Trinajstić information content (AvgIpc) is 3.90. The number of aromatic nitrogens is 3. The summed E-state index contributed by atoms with van der Waals surface area (Å²) >= 11 is 0. The van der Waals surface area contributed by atoms with Gasteiger partial charge in [-0.1, -0.05) is 121 Å². The van der Waals surface area contributed by atoms with Crippen molar-refractivity contribution >= 4 is 44.0 Å². The summed E-state index contributed by atoms with van der Waals surface area (Å²) in [6.45, 7) is 0. The largest absolute Gasteiger partial charge is 0.438 e. The monoisotopic (exact) mass is 791 g/mol. The average molecular weight is 792 g/mol. The van der Waals surface area contributed by atoms with Crippen LogP contribution < -0.4 is 0 Å². The van der Waals surface area contributed by atoms with Crippen LogP contribution in [-0.4, -0.2) is 14.5 Å². The molecule has 0 saturated carbocycles. The first kappa shape index (κ1) is 35.6. The van der Waals surface area contributed by atoms with Crippen molar-refractivity contribution < 1.29 is 4.42 Å². The molecule has 0 spiro atoms. The van der Waals surface area contributed by atoms with Gasteiger partial charge in [-0.3, -0.25) is 4.98 Å². The third-order valence-corrected chi connectivity index (χ3v) is 12.1. The third-order valence-electron chi connectivity index (χ3n) is 12.1. The lowest BCUT2D eigenvalue weighted by Crippen LogP contribution is -1.93. The Morgan fingerprint density at radius 2 is 0.758 bits per heavy atom. The number of pyridine rings is 2. The van der Waals surface area contributed by atoms with E-state index in [0.717, 1.165) is 60.7 Å². The molecule has 4 heterocycles. The van der Waals surface area contributed by atoms with Gasteiger partial charge in [0.2, 0.25) is 5.71 Å². The van der Waals surface area contributed by atoms with Crippen LogP contribution >= 0.6 is 0 Å². The van der Waals surface area contributed by atoms with Gasteiger partial charge >= 0.3 is 0 Å². The first-order chi connectivity index (χ1) is 30.7. The molecule has 62 heavy (non-hydrogen) atoms. The van der Waals surface area contributed by atoms with E-state index in [-0.39, 0.29) is 0 Å². The SMILES string of the molecule is c1ccc(-n2c3ccc(-c4cccc(-c5cccc(-c6cccc(-c7cccc(-c8cccc(-c9ccc%10oc%11ncccc%11c%10c9)c8)c7)c6)c5)c4)cc3c3ncccc32)cc1. The standard InChI is InChI=1S/C58H37N3O/c1-2-21-50(22-3-1)61-54-27-25-48(37-53(54)57-55(61)24-10-29-59-57)46-19-7-17-44(34-46)42-15-5-13-40(32-42)38-11-4-12-39(31-38)41-14-6-16-43(33-41)45-18-8-20-47(35-45)49-26-28-56-52(36-49)51-23-9-30-60-58(51)62-56/h1-37H. The molecule has 0 aliphatic rings. The highest BCUT2D eigenvalue weighted by Crippen LogP contribution is 2.38. The van der Waals surface area contributed by atoms with Crippen molar-refractivity contribution in [3.05, 3.63) is 225 Å². The second-order valence-corrected chi connectivity index (χ2v) is 15.8. The molecule has 0 amide bonds. The summed E-state index contributed by atoms with van der Waals surface area (Å²) in [4.78, 5) is 9.25. The van der Waals surface area contributed by atoms with Crippen molar-refractivity contribution in [2.45, 2.75) is 0 Å². The second-order valence-electron chi connectivity index (χ2n) is 15.8. The van der Waals surface area contributed by atoms with Gasteiger partial charge < -0.3 is 8.98 Å². The van der Waals surface area contributed by atoms with Crippen molar-refractivity contribution in [3.8, 4) is 72.4 Å². The number of fused-ring (bicyclic) bond motifs is 6. The summed E-state index contributed by atoms with van der Waals surface area (Å²) in [5.41, 5.74) is 19.9. The molecule has 4 heteroatoms. The topological polar surface area (TPSA) is 43.9 Å². The molecule has 4 aromatic heterocycles. The highest BCUT2D eigenvalue weighted by atomic mass is 16.3. The Kier molecular flexibility index (Phi) is 8.46. The van der Waals surface area contributed by atoms with E-state index in [1.165, 1.54) is 50.1 Å². The van der Waals surface area contributed by atoms with Crippen molar-refractivity contribution in [1.29, 1.82) is 0 Å². The Balaban J connectivity index is 0.839. The molecular weight excluding hydrogens is 755 g/mol. The maximum absolute atomic E-state index is 5.99. The van der Waals surface area contributed by atoms with Crippen LogP contribution in [0.25, 0.3) is 116 Å². The maximum atomic E-state index is 5.99. The van der Waals surface area contributed by atoms with E-state index in [1.54, 1.807) is 6.20 Å². The van der Waals surface area contributed by atoms with Crippen LogP contribution in [0.5, 0.6) is 0 Å². The van der Waals surface area contributed by atoms with Crippen molar-refractivity contribution in [3.63, 3.8) is 0 Å². The molecule has 0 aliphatic heterocycles. The smallest absolute Gasteiger partial charge is 0.227 e. The maximum Gasteiger partial charge on any atom is 0.227 e. The fourth-order valence-corrected chi connectivity index (χ4v) is 9.05. The Morgan fingerprint density at radius 3 is 1.29 bits per heavy atom. The van der Waals surface area contributed by atoms with Gasteiger partial charge in [0.25, 0.3) is 0 Å². The molecular formula is C58H37N3O. The molecule has 0 radical (unpaired) electrons. The highest BCUT2D eigenvalue weighted by Gasteiger charge is 2.15. The van der Waals surface area contributed by atoms with Crippen molar-refractivity contribution in [1.82, 2.24) is 14.5 Å². The van der Waals surface area contributed by atoms with Crippen LogP contribution in [0.1, 0.15) is 0 Å². The minimum absolute atomic E-state index is 0.667. The van der Waals surface area contributed by atoms with Crippen LogP contribution in [0, 0.1) is 0 Å². The Hall–Kier alpha value is -8.34. The van der Waals surface area contributed by atoms with Crippen molar-refractivity contribution in [2.75, 3.05) is 0 Å². The zero-order chi connectivity index (χ0) is 41.0. The van der Waals surface area contributed by atoms with Gasteiger partial charge in [-0.2, -0.15) is 0 Å². The lowest BCUT2D eigenvalue weighted by atomic mass is 9.93. The molecule has 0 N–H and O–H groups in total. The minimum Gasteiger partial charge on any atom is -0.438 e. The Morgan fingerprint density at radius 1 is 0.306 bits per heavy atom. The van der Waals surface area contributed by atoms with Crippen LogP contribution in [0.3, 0.4) is 0 Å². The van der Waals surface area contributed by atoms with Crippen LogP contribution in [0.2, 0.25) is 0 Å². The van der Waals surface area contributed by atoms with Gasteiger partial charge in [-0.15, -0.1) is 0 Å². The second kappa shape index (κ2) is 14.7. The molecule has 12 aromatic rings. The minimum atomic E-state index is 0.667. The predicted octanol–water partition coefficient (Wildman–Crippen LogP) is 15.5. The van der Waals surface area contributed by atoms with Gasteiger partial charge in [0, 0.05) is 34.2 Å². The number of hydrogen-bond donors (Lipinski definition) is 0. The van der Waals surface area contributed by atoms with E-state index in [2.05, 4.69) is 204 Å². The number of rotatable bonds is 7. The zero-order valence-corrected chi connectivity index (χ0v) is 33.6. The molecule has 8 aromatic carbocycles. The van der Waals surface area contributed by atoms with E-state index >= 15 is 0 Å². The van der Waals surface area contributed by atoms with Gasteiger partial charge in [-0.25, -0.2) is 4.98 Å². The number of hydrogen-bond acceptors (Lipinski definition) is 3. The molecule has 0 aliphatic carbocycles. The van der Waals surface area contributed by atoms with Crippen molar-refractivity contribution in [2.24, 2.45) is 0 Å². The zero-order valence-electron chi connectivity index (χ0n) is 33.6. The van der Waals surface area contributed by atoms with E-state index < -0.39 is 0 Å². The van der Waals surface area contributed by atoms with Crippen LogP contribution in [0.15, 0.2) is 229 Å². The van der Waals surface area contributed by atoms with Gasteiger partial charge in [-0.05, 0) is 158 Å². The van der Waals surface area contributed by atoms with Gasteiger partial charge in [0.15, 0.2) is 0 Å². The van der Waals surface area contributed by atoms with E-state index in [1.807, 2.05) is 24.4 Å². The number of benzene rings is 8. The summed E-state index contributed by atoms with van der Waals surface area (Å²) in [5.74, 6) is 0. The number of furan rings is 1. The molecule has 12 rings (SSSR count). The molecule has 0 saturated heterocycles. The van der Waals surface area contributed by atoms with E-state index in [4.69, 9.17) is 9.40 Å². The fraction of sp³-hybridized carbons (Fsp3) is 0. The first-order valence-electron chi connectivity index (χ1n) is 20.9. The molecule has 0 fully saturated rings. The highest BCUT2D eigenvalue weighted by molar-refractivity contribution is 6.08. The summed E-state index contributed by atoms with van der Waals surface area (Å²) in [6.07, 6.45) is 3.65. The lowest BCUT2D eigenvalue weighted by molar-refractivity contribution is 0.654. The van der Waals surface area contributed by atoms with E-state index in [9.17, 15) is 0 Å². The lowest BCUT2D eigenvalue weighted by Gasteiger charge is -2.11. The summed E-state index contributed by atoms with van der Waals surface area (Å²) in [6, 6.07) is 76.1. The number of para-hydroxylation sites is 1. The molecule has 0 bridgehead atoms. The summed E-state index contributed by atoms with van der Waals surface area (Å²) in [7, 11) is 0. The molecule has 0 atom stereocenters. The summed E-state index contributed by atoms with van der Waals surface area (Å²) in [5, 5.41) is 3.25. The van der Waals surface area contributed by atoms with Crippen LogP contribution in [0.4, 0.5) is 0 Å². The Bertz CT molecular complexity index is 3650. The molecule has 4 nitrogen and oxygen atoms in total. The molecule has 290 valence electrons. The fourth-order valence-electron chi connectivity index (χ4n) is 9.05. The molecule has 0 unspecified atom stereocenters. The van der Waals surface area contributed by atoms with Crippen LogP contribution in [-0.2, 0) is 0 Å². The quantitative estimate of drug-likeness (QED) is 0.161. The van der Waals surface area contributed by atoms with E-state index in [0.29, 0.717) is 5.71 Å². The third kappa shape index (κ3) is 6.25. The van der Waals surface area contributed by atoms with Gasteiger partial charge in [0.1, 0.15) is 5.58 Å².